The molecule has 0 spiro atoms. The molecule has 1 fully saturated rings. The van der Waals surface area contributed by atoms with E-state index in [1.165, 1.54) is 0 Å². The molecule has 1 aliphatic heterocycles. The summed E-state index contributed by atoms with van der Waals surface area (Å²) in [5.41, 5.74) is 0.875. The third kappa shape index (κ3) is 3.80. The van der Waals surface area contributed by atoms with Crippen LogP contribution in [0.4, 0.5) is 0 Å². The Morgan fingerprint density at radius 3 is 2.93 bits per heavy atom. The van der Waals surface area contributed by atoms with E-state index >= 15 is 0 Å². The lowest BCUT2D eigenvalue weighted by Crippen LogP contribution is -2.20. The second-order valence-corrected chi connectivity index (χ2v) is 7.17. The van der Waals surface area contributed by atoms with Crippen molar-refractivity contribution in [3.8, 4) is 11.3 Å². The van der Waals surface area contributed by atoms with Crippen LogP contribution in [0.1, 0.15) is 28.4 Å². The van der Waals surface area contributed by atoms with E-state index < -0.39 is 5.97 Å². The van der Waals surface area contributed by atoms with Crippen molar-refractivity contribution < 1.29 is 14.3 Å². The number of aryl methyl sites for hydroxylation is 1. The molecule has 1 aromatic carbocycles. The third-order valence-electron chi connectivity index (χ3n) is 5.23. The van der Waals surface area contributed by atoms with Gasteiger partial charge in [0.25, 0.3) is 0 Å². The summed E-state index contributed by atoms with van der Waals surface area (Å²) in [7, 11) is 2.04. The zero-order valence-corrected chi connectivity index (χ0v) is 15.3. The number of rotatable bonds is 6. The van der Waals surface area contributed by atoms with Crippen LogP contribution in [0.15, 0.2) is 53.2 Å². The van der Waals surface area contributed by atoms with Gasteiger partial charge in [-0.3, -0.25) is 4.90 Å². The third-order valence-corrected chi connectivity index (χ3v) is 5.23. The van der Waals surface area contributed by atoms with E-state index in [1.807, 2.05) is 37.6 Å². The first-order chi connectivity index (χ1) is 13.1. The fourth-order valence-corrected chi connectivity index (χ4v) is 3.79. The van der Waals surface area contributed by atoms with E-state index in [0.29, 0.717) is 17.2 Å². The Balaban J connectivity index is 1.40. The number of hydrogen-bond donors (Lipinski definition) is 1. The summed E-state index contributed by atoms with van der Waals surface area (Å²) in [6.07, 6.45) is 5.99. The van der Waals surface area contributed by atoms with Crippen molar-refractivity contribution in [3.05, 3.63) is 65.9 Å². The SMILES string of the molecule is Cn1ccnc1C[C@H]1CCN(Cc2ccc(-c3ccccc3C(=O)O)o2)C1. The first kappa shape index (κ1) is 17.5. The van der Waals surface area contributed by atoms with Gasteiger partial charge in [0.2, 0.25) is 0 Å². The molecular formula is C21H23N3O3. The lowest BCUT2D eigenvalue weighted by molar-refractivity contribution is 0.0697. The summed E-state index contributed by atoms with van der Waals surface area (Å²) in [6.45, 7) is 2.80. The monoisotopic (exact) mass is 365 g/mol. The van der Waals surface area contributed by atoms with Gasteiger partial charge in [0, 0.05) is 38.0 Å². The van der Waals surface area contributed by atoms with E-state index in [1.54, 1.807) is 18.2 Å². The molecule has 1 N–H and O–H groups in total. The molecule has 140 valence electrons. The topological polar surface area (TPSA) is 71.5 Å². The Morgan fingerprint density at radius 1 is 1.30 bits per heavy atom. The maximum absolute atomic E-state index is 11.4. The number of benzene rings is 1. The molecule has 3 heterocycles. The molecule has 4 rings (SSSR count). The molecule has 1 aliphatic rings. The molecule has 0 unspecified atom stereocenters. The van der Waals surface area contributed by atoms with Crippen LogP contribution in [0.3, 0.4) is 0 Å². The Bertz CT molecular complexity index is 944. The van der Waals surface area contributed by atoms with Crippen LogP contribution >= 0.6 is 0 Å². The first-order valence-electron chi connectivity index (χ1n) is 9.20. The zero-order valence-electron chi connectivity index (χ0n) is 15.3. The van der Waals surface area contributed by atoms with Crippen LogP contribution in [-0.2, 0) is 20.0 Å². The van der Waals surface area contributed by atoms with Gasteiger partial charge in [0.05, 0.1) is 12.1 Å². The number of nitrogens with zero attached hydrogens (tertiary/aromatic N) is 3. The maximum Gasteiger partial charge on any atom is 0.336 e. The molecule has 0 saturated carbocycles. The summed E-state index contributed by atoms with van der Waals surface area (Å²) in [6, 6.07) is 10.7. The van der Waals surface area contributed by atoms with Crippen LogP contribution in [-0.4, -0.2) is 38.6 Å². The Hall–Kier alpha value is -2.86. The number of furan rings is 1. The van der Waals surface area contributed by atoms with Crippen molar-refractivity contribution in [1.29, 1.82) is 0 Å². The Labute approximate surface area is 158 Å². The van der Waals surface area contributed by atoms with E-state index in [-0.39, 0.29) is 5.56 Å². The Kier molecular flexibility index (Phi) is 4.81. The van der Waals surface area contributed by atoms with E-state index in [9.17, 15) is 9.90 Å². The van der Waals surface area contributed by atoms with Crippen molar-refractivity contribution >= 4 is 5.97 Å². The number of hydrogen-bond acceptors (Lipinski definition) is 4. The molecule has 0 bridgehead atoms. The van der Waals surface area contributed by atoms with E-state index in [0.717, 1.165) is 44.1 Å². The number of aromatic nitrogens is 2. The number of carboxylic acids is 1. The first-order valence-corrected chi connectivity index (χ1v) is 9.20. The molecule has 0 radical (unpaired) electrons. The van der Waals surface area contributed by atoms with Gasteiger partial charge in [0.1, 0.15) is 17.3 Å². The normalized spacial score (nSPS) is 17.4. The van der Waals surface area contributed by atoms with Gasteiger partial charge in [-0.05, 0) is 37.1 Å². The summed E-state index contributed by atoms with van der Waals surface area (Å²) < 4.78 is 8.05. The smallest absolute Gasteiger partial charge is 0.336 e. The molecule has 0 amide bonds. The number of carbonyl (C=O) groups is 1. The molecule has 1 atom stereocenters. The average Bonchev–Trinajstić information content (AvgIpc) is 3.39. The minimum atomic E-state index is -0.944. The van der Waals surface area contributed by atoms with Crippen LogP contribution in [0.25, 0.3) is 11.3 Å². The number of imidazole rings is 1. The highest BCUT2D eigenvalue weighted by atomic mass is 16.4. The summed E-state index contributed by atoms with van der Waals surface area (Å²) >= 11 is 0. The lowest BCUT2D eigenvalue weighted by atomic mass is 10.0. The van der Waals surface area contributed by atoms with Crippen LogP contribution in [0.2, 0.25) is 0 Å². The van der Waals surface area contributed by atoms with Crippen molar-refractivity contribution in [2.24, 2.45) is 13.0 Å². The lowest BCUT2D eigenvalue weighted by Gasteiger charge is -2.14. The molecule has 3 aromatic rings. The molecular weight excluding hydrogens is 342 g/mol. The van der Waals surface area contributed by atoms with Gasteiger partial charge in [-0.15, -0.1) is 0 Å². The predicted octanol–water partition coefficient (Wildman–Crippen LogP) is 3.44. The average molecular weight is 365 g/mol. The van der Waals surface area contributed by atoms with Gasteiger partial charge in [-0.25, -0.2) is 9.78 Å². The van der Waals surface area contributed by atoms with Gasteiger partial charge in [0.15, 0.2) is 0 Å². The minimum absolute atomic E-state index is 0.259. The second kappa shape index (κ2) is 7.40. The van der Waals surface area contributed by atoms with Crippen LogP contribution in [0.5, 0.6) is 0 Å². The number of aromatic carboxylic acids is 1. The van der Waals surface area contributed by atoms with Crippen LogP contribution < -0.4 is 0 Å². The maximum atomic E-state index is 11.4. The summed E-state index contributed by atoms with van der Waals surface area (Å²) in [4.78, 5) is 18.2. The minimum Gasteiger partial charge on any atom is -0.478 e. The quantitative estimate of drug-likeness (QED) is 0.724. The van der Waals surface area contributed by atoms with Crippen molar-refractivity contribution in [2.75, 3.05) is 13.1 Å². The van der Waals surface area contributed by atoms with Crippen molar-refractivity contribution in [2.45, 2.75) is 19.4 Å². The van der Waals surface area contributed by atoms with E-state index in [4.69, 9.17) is 4.42 Å². The number of carboxylic acid groups (broad SMARTS) is 1. The predicted molar refractivity (Wildman–Crippen MR) is 101 cm³/mol. The molecule has 6 heteroatoms. The fourth-order valence-electron chi connectivity index (χ4n) is 3.79. The highest BCUT2D eigenvalue weighted by molar-refractivity contribution is 5.95. The molecule has 27 heavy (non-hydrogen) atoms. The zero-order chi connectivity index (χ0) is 18.8. The molecule has 2 aromatic heterocycles. The fraction of sp³-hybridized carbons (Fsp3) is 0.333. The highest BCUT2D eigenvalue weighted by Crippen LogP contribution is 2.28. The van der Waals surface area contributed by atoms with Crippen molar-refractivity contribution in [3.63, 3.8) is 0 Å². The standard InChI is InChI=1S/C21H23N3O3/c1-23-11-9-22-20(23)12-15-8-10-24(13-15)14-16-6-7-19(27-16)17-4-2-3-5-18(17)21(25)26/h2-7,9,11,15H,8,10,12-14H2,1H3,(H,25,26)/t15-/m1/s1. The Morgan fingerprint density at radius 2 is 2.15 bits per heavy atom. The molecule has 1 saturated heterocycles. The summed E-state index contributed by atoms with van der Waals surface area (Å²) in [5.74, 6) is 2.26. The largest absolute Gasteiger partial charge is 0.478 e. The van der Waals surface area contributed by atoms with Crippen LogP contribution in [0, 0.1) is 5.92 Å². The van der Waals surface area contributed by atoms with Gasteiger partial charge < -0.3 is 14.1 Å². The molecule has 0 aliphatic carbocycles. The van der Waals surface area contributed by atoms with Crippen molar-refractivity contribution in [1.82, 2.24) is 14.5 Å². The molecule has 6 nitrogen and oxygen atoms in total. The summed E-state index contributed by atoms with van der Waals surface area (Å²) in [5, 5.41) is 9.36. The van der Waals surface area contributed by atoms with Gasteiger partial charge in [-0.2, -0.15) is 0 Å². The van der Waals surface area contributed by atoms with E-state index in [2.05, 4.69) is 14.5 Å². The van der Waals surface area contributed by atoms with Gasteiger partial charge >= 0.3 is 5.97 Å². The second-order valence-electron chi connectivity index (χ2n) is 7.17. The number of likely N-dealkylation sites (tertiary alicyclic amines) is 1. The van der Waals surface area contributed by atoms with Gasteiger partial charge in [-0.1, -0.05) is 18.2 Å². The highest BCUT2D eigenvalue weighted by Gasteiger charge is 2.25.